The van der Waals surface area contributed by atoms with Gasteiger partial charge in [-0.2, -0.15) is 0 Å². The third-order valence-corrected chi connectivity index (χ3v) is 4.49. The number of benzene rings is 1. The molecule has 0 aliphatic carbocycles. The van der Waals surface area contributed by atoms with Gasteiger partial charge in [-0.15, -0.1) is 12.4 Å². The van der Waals surface area contributed by atoms with Crippen LogP contribution in [0.2, 0.25) is 0 Å². The molecule has 0 atom stereocenters. The van der Waals surface area contributed by atoms with Gasteiger partial charge in [-0.3, -0.25) is 14.3 Å². The van der Waals surface area contributed by atoms with Crippen LogP contribution in [0.3, 0.4) is 0 Å². The summed E-state index contributed by atoms with van der Waals surface area (Å²) in [6.07, 6.45) is 1.64. The standard InChI is InChI=1S/C18H23N5O2.ClH/c1-3-21(4-2)10-11-22-13-19-16-15(22)17(24)20-18(25)23(16)12-14-8-6-5-7-9-14;/h5-9,13H,3-4,10-12H2,1-2H3,(H,20,24,25);1H. The number of nitrogens with zero attached hydrogens (tertiary/aromatic N) is 4. The topological polar surface area (TPSA) is 75.9 Å². The summed E-state index contributed by atoms with van der Waals surface area (Å²) in [5.74, 6) is 0. The van der Waals surface area contributed by atoms with Crippen molar-refractivity contribution in [3.8, 4) is 0 Å². The van der Waals surface area contributed by atoms with Crippen LogP contribution in [0.15, 0.2) is 46.2 Å². The van der Waals surface area contributed by atoms with Gasteiger partial charge in [0.25, 0.3) is 5.56 Å². The molecule has 0 radical (unpaired) electrons. The van der Waals surface area contributed by atoms with E-state index in [1.165, 1.54) is 4.57 Å². The molecular weight excluding hydrogens is 354 g/mol. The number of aromatic nitrogens is 4. The summed E-state index contributed by atoms with van der Waals surface area (Å²) in [6, 6.07) is 9.66. The Balaban J connectivity index is 0.00000243. The molecule has 1 N–H and O–H groups in total. The Bertz CT molecular complexity index is 957. The van der Waals surface area contributed by atoms with Gasteiger partial charge in [0.15, 0.2) is 11.2 Å². The van der Waals surface area contributed by atoms with Crippen molar-refractivity contribution in [2.45, 2.75) is 26.9 Å². The van der Waals surface area contributed by atoms with E-state index in [4.69, 9.17) is 0 Å². The van der Waals surface area contributed by atoms with E-state index in [-0.39, 0.29) is 18.0 Å². The molecule has 0 unspecified atom stereocenters. The molecule has 2 aromatic heterocycles. The Morgan fingerprint density at radius 2 is 1.81 bits per heavy atom. The van der Waals surface area contributed by atoms with E-state index < -0.39 is 5.69 Å². The van der Waals surface area contributed by atoms with Gasteiger partial charge in [0.05, 0.1) is 12.9 Å². The van der Waals surface area contributed by atoms with Crippen LogP contribution in [-0.2, 0) is 13.1 Å². The number of likely N-dealkylation sites (N-methyl/N-ethyl adjacent to an activating group) is 1. The molecule has 0 fully saturated rings. The zero-order valence-corrected chi connectivity index (χ0v) is 15.8. The summed E-state index contributed by atoms with van der Waals surface area (Å²) in [4.78, 5) is 33.7. The highest BCUT2D eigenvalue weighted by Gasteiger charge is 2.14. The monoisotopic (exact) mass is 377 g/mol. The van der Waals surface area contributed by atoms with E-state index in [2.05, 4.69) is 28.7 Å². The van der Waals surface area contributed by atoms with Gasteiger partial charge >= 0.3 is 5.69 Å². The molecule has 0 aliphatic rings. The SMILES string of the molecule is CCN(CC)CCn1cnc2c1c(=O)[nH]c(=O)n2Cc1ccccc1.Cl. The van der Waals surface area contributed by atoms with Crippen LogP contribution in [0.4, 0.5) is 0 Å². The van der Waals surface area contributed by atoms with Crippen LogP contribution in [0.25, 0.3) is 11.2 Å². The normalized spacial score (nSPS) is 11.0. The molecule has 140 valence electrons. The average Bonchev–Trinajstić information content (AvgIpc) is 3.05. The molecule has 0 spiro atoms. The highest BCUT2D eigenvalue weighted by molar-refractivity contribution is 5.85. The minimum absolute atomic E-state index is 0. The third-order valence-electron chi connectivity index (χ3n) is 4.49. The Hall–Kier alpha value is -2.38. The van der Waals surface area contributed by atoms with Crippen molar-refractivity contribution in [1.82, 2.24) is 24.0 Å². The summed E-state index contributed by atoms with van der Waals surface area (Å²) in [7, 11) is 0. The number of rotatable bonds is 7. The van der Waals surface area contributed by atoms with Gasteiger partial charge in [0.2, 0.25) is 0 Å². The third kappa shape index (κ3) is 4.05. The fourth-order valence-corrected chi connectivity index (χ4v) is 2.99. The van der Waals surface area contributed by atoms with Crippen LogP contribution in [0.1, 0.15) is 19.4 Å². The summed E-state index contributed by atoms with van der Waals surface area (Å²) < 4.78 is 3.34. The fourth-order valence-electron chi connectivity index (χ4n) is 2.99. The molecule has 3 aromatic rings. The molecule has 0 aliphatic heterocycles. The summed E-state index contributed by atoms with van der Waals surface area (Å²) in [5, 5.41) is 0. The number of halogens is 1. The van der Waals surface area contributed by atoms with Crippen LogP contribution < -0.4 is 11.2 Å². The first-order chi connectivity index (χ1) is 12.1. The smallest absolute Gasteiger partial charge is 0.323 e. The molecular formula is C18H24ClN5O2. The quantitative estimate of drug-likeness (QED) is 0.680. The highest BCUT2D eigenvalue weighted by atomic mass is 35.5. The van der Waals surface area contributed by atoms with Gasteiger partial charge in [-0.25, -0.2) is 9.78 Å². The first-order valence-corrected chi connectivity index (χ1v) is 8.58. The highest BCUT2D eigenvalue weighted by Crippen LogP contribution is 2.09. The molecule has 0 saturated carbocycles. The lowest BCUT2D eigenvalue weighted by molar-refractivity contribution is 0.292. The molecule has 0 amide bonds. The van der Waals surface area contributed by atoms with E-state index in [0.717, 1.165) is 25.2 Å². The molecule has 26 heavy (non-hydrogen) atoms. The average molecular weight is 378 g/mol. The van der Waals surface area contributed by atoms with Crippen molar-refractivity contribution in [2.75, 3.05) is 19.6 Å². The maximum absolute atomic E-state index is 12.3. The van der Waals surface area contributed by atoms with Gasteiger partial charge < -0.3 is 9.47 Å². The lowest BCUT2D eigenvalue weighted by atomic mass is 10.2. The van der Waals surface area contributed by atoms with Crippen molar-refractivity contribution in [2.24, 2.45) is 0 Å². The number of nitrogens with one attached hydrogen (secondary N) is 1. The number of aromatic amines is 1. The first kappa shape index (κ1) is 19.9. The molecule has 7 nitrogen and oxygen atoms in total. The predicted molar refractivity (Wildman–Crippen MR) is 105 cm³/mol. The first-order valence-electron chi connectivity index (χ1n) is 8.58. The maximum Gasteiger partial charge on any atom is 0.330 e. The van der Waals surface area contributed by atoms with Gasteiger partial charge in [-0.05, 0) is 18.7 Å². The molecule has 2 heterocycles. The summed E-state index contributed by atoms with van der Waals surface area (Å²) in [6.45, 7) is 8.00. The fraction of sp³-hybridized carbons (Fsp3) is 0.389. The molecule has 0 saturated heterocycles. The second-order valence-electron chi connectivity index (χ2n) is 5.97. The number of imidazole rings is 1. The zero-order valence-electron chi connectivity index (χ0n) is 15.0. The minimum atomic E-state index is -0.435. The van der Waals surface area contributed by atoms with Crippen LogP contribution in [0, 0.1) is 0 Å². The predicted octanol–water partition coefficient (Wildman–Crippen LogP) is 1.70. The second-order valence-corrected chi connectivity index (χ2v) is 5.97. The van der Waals surface area contributed by atoms with Gasteiger partial charge in [0, 0.05) is 13.1 Å². The van der Waals surface area contributed by atoms with Gasteiger partial charge in [-0.1, -0.05) is 44.2 Å². The molecule has 8 heteroatoms. The van der Waals surface area contributed by atoms with E-state index in [0.29, 0.717) is 24.3 Å². The molecule has 3 rings (SSSR count). The Labute approximate surface area is 157 Å². The van der Waals surface area contributed by atoms with Crippen LogP contribution in [-0.4, -0.2) is 43.6 Å². The second kappa shape index (κ2) is 8.82. The Morgan fingerprint density at radius 3 is 2.46 bits per heavy atom. The van der Waals surface area contributed by atoms with Crippen molar-refractivity contribution in [1.29, 1.82) is 0 Å². The number of hydrogen-bond donors (Lipinski definition) is 1. The summed E-state index contributed by atoms with van der Waals surface area (Å²) in [5.41, 5.74) is 1.03. The van der Waals surface area contributed by atoms with Crippen LogP contribution in [0.5, 0.6) is 0 Å². The van der Waals surface area contributed by atoms with Gasteiger partial charge in [0.1, 0.15) is 0 Å². The van der Waals surface area contributed by atoms with Crippen molar-refractivity contribution in [3.05, 3.63) is 63.1 Å². The molecule has 0 bridgehead atoms. The minimum Gasteiger partial charge on any atom is -0.323 e. The lowest BCUT2D eigenvalue weighted by Crippen LogP contribution is -2.32. The Morgan fingerprint density at radius 1 is 1.12 bits per heavy atom. The Kier molecular flexibility index (Phi) is 6.76. The van der Waals surface area contributed by atoms with E-state index in [1.54, 1.807) is 6.33 Å². The maximum atomic E-state index is 12.3. The van der Waals surface area contributed by atoms with Crippen molar-refractivity contribution in [3.63, 3.8) is 0 Å². The number of hydrogen-bond acceptors (Lipinski definition) is 4. The van der Waals surface area contributed by atoms with Crippen molar-refractivity contribution < 1.29 is 0 Å². The largest absolute Gasteiger partial charge is 0.330 e. The number of fused-ring (bicyclic) bond motifs is 1. The van der Waals surface area contributed by atoms with E-state index in [1.807, 2.05) is 34.9 Å². The summed E-state index contributed by atoms with van der Waals surface area (Å²) >= 11 is 0. The zero-order chi connectivity index (χ0) is 17.8. The van der Waals surface area contributed by atoms with Crippen LogP contribution >= 0.6 is 12.4 Å². The van der Waals surface area contributed by atoms with E-state index in [9.17, 15) is 9.59 Å². The molecule has 1 aromatic carbocycles. The van der Waals surface area contributed by atoms with E-state index >= 15 is 0 Å². The van der Waals surface area contributed by atoms with Crippen molar-refractivity contribution >= 4 is 23.6 Å². The lowest BCUT2D eigenvalue weighted by Gasteiger charge is -2.18. The number of H-pyrrole nitrogens is 1.